The number of carbonyl (C=O) groups excluding carboxylic acids is 1. The second-order valence-electron chi connectivity index (χ2n) is 4.97. The quantitative estimate of drug-likeness (QED) is 0.639. The van der Waals surface area contributed by atoms with Crippen LogP contribution in [-0.4, -0.2) is 28.1 Å². The summed E-state index contributed by atoms with van der Waals surface area (Å²) in [6.45, 7) is 3.45. The van der Waals surface area contributed by atoms with Gasteiger partial charge in [-0.2, -0.15) is 0 Å². The Morgan fingerprint density at radius 3 is 2.31 bits per heavy atom. The Labute approximate surface area is 102 Å². The van der Waals surface area contributed by atoms with Crippen molar-refractivity contribution in [3.63, 3.8) is 0 Å². The predicted molar refractivity (Wildman–Crippen MR) is 67.0 cm³/mol. The van der Waals surface area contributed by atoms with Crippen molar-refractivity contribution in [3.05, 3.63) is 0 Å². The van der Waals surface area contributed by atoms with Crippen LogP contribution in [0.1, 0.15) is 39.5 Å². The van der Waals surface area contributed by atoms with Gasteiger partial charge in [0.2, 0.25) is 5.91 Å². The van der Waals surface area contributed by atoms with E-state index in [4.69, 9.17) is 18.0 Å². The molecule has 0 bridgehead atoms. The lowest BCUT2D eigenvalue weighted by Crippen LogP contribution is -2.49. The Kier molecular flexibility index (Phi) is 4.27. The van der Waals surface area contributed by atoms with Crippen molar-refractivity contribution < 1.29 is 9.90 Å². The van der Waals surface area contributed by atoms with Crippen LogP contribution < -0.4 is 11.1 Å². The fraction of sp³-hybridized carbons (Fsp3) is 0.818. The summed E-state index contributed by atoms with van der Waals surface area (Å²) in [4.78, 5) is 12.1. The zero-order valence-corrected chi connectivity index (χ0v) is 10.6. The first-order chi connectivity index (χ1) is 7.34. The van der Waals surface area contributed by atoms with Gasteiger partial charge in [-0.25, -0.2) is 0 Å². The molecule has 0 aliphatic heterocycles. The van der Waals surface area contributed by atoms with E-state index in [2.05, 4.69) is 5.32 Å². The molecule has 0 heterocycles. The van der Waals surface area contributed by atoms with Gasteiger partial charge >= 0.3 is 0 Å². The first-order valence-electron chi connectivity index (χ1n) is 5.63. The van der Waals surface area contributed by atoms with E-state index in [1.165, 1.54) is 0 Å². The lowest BCUT2D eigenvalue weighted by Gasteiger charge is -2.30. The second kappa shape index (κ2) is 5.10. The molecule has 0 aromatic rings. The first kappa shape index (κ1) is 13.4. The van der Waals surface area contributed by atoms with Gasteiger partial charge in [0, 0.05) is 6.04 Å². The molecule has 0 aromatic carbocycles. The van der Waals surface area contributed by atoms with Gasteiger partial charge in [0.25, 0.3) is 0 Å². The molecule has 92 valence electrons. The van der Waals surface area contributed by atoms with E-state index in [0.717, 1.165) is 25.7 Å². The third-order valence-electron chi connectivity index (χ3n) is 3.22. The number of amides is 1. The SMILES string of the molecule is CC(C)(C(=O)NC1CCC(O)CC1)C(N)=S. The molecule has 0 unspecified atom stereocenters. The van der Waals surface area contributed by atoms with Crippen LogP contribution in [-0.2, 0) is 4.79 Å². The summed E-state index contributed by atoms with van der Waals surface area (Å²) in [5.74, 6) is -0.124. The summed E-state index contributed by atoms with van der Waals surface area (Å²) in [5.41, 5.74) is 4.73. The highest BCUT2D eigenvalue weighted by Gasteiger charge is 2.33. The van der Waals surface area contributed by atoms with Crippen molar-refractivity contribution in [2.75, 3.05) is 0 Å². The first-order valence-corrected chi connectivity index (χ1v) is 6.04. The number of aliphatic hydroxyl groups excluding tert-OH is 1. The van der Waals surface area contributed by atoms with Crippen LogP contribution in [0, 0.1) is 5.41 Å². The minimum Gasteiger partial charge on any atom is -0.393 e. The summed E-state index contributed by atoms with van der Waals surface area (Å²) in [6.07, 6.45) is 2.93. The Morgan fingerprint density at radius 1 is 1.38 bits per heavy atom. The van der Waals surface area contributed by atoms with E-state index >= 15 is 0 Å². The topological polar surface area (TPSA) is 75.3 Å². The number of nitrogens with one attached hydrogen (secondary N) is 1. The van der Waals surface area contributed by atoms with Gasteiger partial charge in [-0.1, -0.05) is 12.2 Å². The fourth-order valence-electron chi connectivity index (χ4n) is 1.70. The standard InChI is InChI=1S/C11H20N2O2S/c1-11(2,9(12)16)10(15)13-7-3-5-8(14)6-4-7/h7-8,14H,3-6H2,1-2H3,(H2,12,16)(H,13,15). The molecule has 1 rings (SSSR count). The maximum Gasteiger partial charge on any atom is 0.232 e. The number of carbonyl (C=O) groups is 1. The number of hydrogen-bond donors (Lipinski definition) is 3. The van der Waals surface area contributed by atoms with Gasteiger partial charge in [0.05, 0.1) is 16.5 Å². The highest BCUT2D eigenvalue weighted by molar-refractivity contribution is 7.80. The zero-order chi connectivity index (χ0) is 12.3. The summed E-state index contributed by atoms with van der Waals surface area (Å²) in [7, 11) is 0. The molecule has 0 aromatic heterocycles. The predicted octanol–water partition coefficient (Wildman–Crippen LogP) is 0.718. The van der Waals surface area contributed by atoms with E-state index in [9.17, 15) is 9.90 Å². The van der Waals surface area contributed by atoms with Crippen molar-refractivity contribution in [1.29, 1.82) is 0 Å². The minimum atomic E-state index is -0.800. The molecule has 1 fully saturated rings. The molecule has 1 amide bonds. The molecular weight excluding hydrogens is 224 g/mol. The highest BCUT2D eigenvalue weighted by atomic mass is 32.1. The molecule has 1 aliphatic rings. The minimum absolute atomic E-state index is 0.124. The average Bonchev–Trinajstić information content (AvgIpc) is 2.21. The molecule has 5 heteroatoms. The largest absolute Gasteiger partial charge is 0.393 e. The van der Waals surface area contributed by atoms with Gasteiger partial charge in [-0.15, -0.1) is 0 Å². The molecule has 0 spiro atoms. The number of hydrogen-bond acceptors (Lipinski definition) is 3. The maximum absolute atomic E-state index is 11.9. The van der Waals surface area contributed by atoms with Crippen LogP contribution in [0.25, 0.3) is 0 Å². The lowest BCUT2D eigenvalue weighted by atomic mass is 9.89. The van der Waals surface area contributed by atoms with E-state index in [0.29, 0.717) is 0 Å². The van der Waals surface area contributed by atoms with Crippen LogP contribution in [0.15, 0.2) is 0 Å². The van der Waals surface area contributed by atoms with Gasteiger partial charge < -0.3 is 16.2 Å². The van der Waals surface area contributed by atoms with Crippen molar-refractivity contribution >= 4 is 23.1 Å². The van der Waals surface area contributed by atoms with Crippen LogP contribution in [0.5, 0.6) is 0 Å². The van der Waals surface area contributed by atoms with Crippen LogP contribution >= 0.6 is 12.2 Å². The summed E-state index contributed by atoms with van der Waals surface area (Å²) >= 11 is 4.87. The Morgan fingerprint density at radius 2 is 1.88 bits per heavy atom. The Balaban J connectivity index is 2.49. The summed E-state index contributed by atoms with van der Waals surface area (Å²) < 4.78 is 0. The van der Waals surface area contributed by atoms with Gasteiger partial charge in [0.15, 0.2) is 0 Å². The van der Waals surface area contributed by atoms with Crippen LogP contribution in [0.4, 0.5) is 0 Å². The third-order valence-corrected chi connectivity index (χ3v) is 3.73. The van der Waals surface area contributed by atoms with Crippen molar-refractivity contribution in [2.24, 2.45) is 11.1 Å². The average molecular weight is 244 g/mol. The van der Waals surface area contributed by atoms with Gasteiger partial charge in [0.1, 0.15) is 0 Å². The van der Waals surface area contributed by atoms with E-state index in [-0.39, 0.29) is 23.0 Å². The highest BCUT2D eigenvalue weighted by Crippen LogP contribution is 2.21. The maximum atomic E-state index is 11.9. The Bertz CT molecular complexity index is 284. The molecule has 4 N–H and O–H groups in total. The zero-order valence-electron chi connectivity index (χ0n) is 9.82. The molecule has 4 nitrogen and oxygen atoms in total. The van der Waals surface area contributed by atoms with Crippen LogP contribution in [0.3, 0.4) is 0 Å². The monoisotopic (exact) mass is 244 g/mol. The fourth-order valence-corrected chi connectivity index (χ4v) is 1.79. The Hall–Kier alpha value is -0.680. The molecular formula is C11H20N2O2S. The van der Waals surface area contributed by atoms with Gasteiger partial charge in [-0.3, -0.25) is 4.79 Å². The molecule has 0 radical (unpaired) electrons. The van der Waals surface area contributed by atoms with Crippen molar-refractivity contribution in [2.45, 2.75) is 51.7 Å². The normalized spacial score (nSPS) is 26.2. The molecule has 1 saturated carbocycles. The van der Waals surface area contributed by atoms with Gasteiger partial charge in [-0.05, 0) is 39.5 Å². The molecule has 0 saturated heterocycles. The number of thiocarbonyl (C=S) groups is 1. The van der Waals surface area contributed by atoms with Crippen molar-refractivity contribution in [1.82, 2.24) is 5.32 Å². The number of rotatable bonds is 3. The number of nitrogens with two attached hydrogens (primary N) is 1. The second-order valence-corrected chi connectivity index (χ2v) is 5.41. The summed E-state index contributed by atoms with van der Waals surface area (Å²) in [5, 5.41) is 12.3. The van der Waals surface area contributed by atoms with Crippen LogP contribution in [0.2, 0.25) is 0 Å². The third kappa shape index (κ3) is 3.15. The van der Waals surface area contributed by atoms with Crippen molar-refractivity contribution in [3.8, 4) is 0 Å². The van der Waals surface area contributed by atoms with E-state index in [1.54, 1.807) is 13.8 Å². The molecule has 1 aliphatic carbocycles. The lowest BCUT2D eigenvalue weighted by molar-refractivity contribution is -0.127. The molecule has 16 heavy (non-hydrogen) atoms. The van der Waals surface area contributed by atoms with E-state index < -0.39 is 5.41 Å². The summed E-state index contributed by atoms with van der Waals surface area (Å²) in [6, 6.07) is 0.143. The smallest absolute Gasteiger partial charge is 0.232 e. The molecule has 0 atom stereocenters. The van der Waals surface area contributed by atoms with E-state index in [1.807, 2.05) is 0 Å². The number of aliphatic hydroxyl groups is 1.